The van der Waals surface area contributed by atoms with Crippen LogP contribution in [0.5, 0.6) is 0 Å². The summed E-state index contributed by atoms with van der Waals surface area (Å²) in [6.45, 7) is 6.13. The van der Waals surface area contributed by atoms with E-state index in [0.717, 1.165) is 18.0 Å². The largest absolute Gasteiger partial charge is 0.389 e. The molecule has 0 amide bonds. The first kappa shape index (κ1) is 17.4. The van der Waals surface area contributed by atoms with Gasteiger partial charge in [-0.15, -0.1) is 11.8 Å². The van der Waals surface area contributed by atoms with Gasteiger partial charge in [-0.3, -0.25) is 0 Å². The smallest absolute Gasteiger partial charge is 0.312 e. The number of nitrogens with one attached hydrogen (secondary N) is 1. The van der Waals surface area contributed by atoms with Crippen LogP contribution in [0, 0.1) is 5.92 Å². The maximum atomic E-state index is 12.0. The van der Waals surface area contributed by atoms with Gasteiger partial charge in [-0.25, -0.2) is 0 Å². The van der Waals surface area contributed by atoms with Gasteiger partial charge in [0.05, 0.1) is 0 Å². The van der Waals surface area contributed by atoms with E-state index in [1.807, 2.05) is 24.3 Å². The van der Waals surface area contributed by atoms with Gasteiger partial charge in [0, 0.05) is 17.9 Å². The predicted molar refractivity (Wildman–Crippen MR) is 79.0 cm³/mol. The van der Waals surface area contributed by atoms with Gasteiger partial charge in [0.25, 0.3) is 0 Å². The first-order valence-corrected chi connectivity index (χ1v) is 7.84. The lowest BCUT2D eigenvalue weighted by Crippen LogP contribution is -2.18. The lowest BCUT2D eigenvalue weighted by atomic mass is 10.2. The molecule has 20 heavy (non-hydrogen) atoms. The van der Waals surface area contributed by atoms with Crippen molar-refractivity contribution in [3.05, 3.63) is 29.8 Å². The fraction of sp³-hybridized carbons (Fsp3) is 0.600. The maximum Gasteiger partial charge on any atom is 0.389 e. The summed E-state index contributed by atoms with van der Waals surface area (Å²) in [4.78, 5) is 1.03. The zero-order chi connectivity index (χ0) is 15.0. The zero-order valence-electron chi connectivity index (χ0n) is 12.0. The highest BCUT2D eigenvalue weighted by molar-refractivity contribution is 7.99. The van der Waals surface area contributed by atoms with Crippen molar-refractivity contribution in [2.24, 2.45) is 5.92 Å². The predicted octanol–water partition coefficient (Wildman–Crippen LogP) is 4.87. The van der Waals surface area contributed by atoms with E-state index in [4.69, 9.17) is 0 Å². The summed E-state index contributed by atoms with van der Waals surface area (Å²) < 4.78 is 36.0. The molecule has 0 bridgehead atoms. The second-order valence-corrected chi connectivity index (χ2v) is 6.40. The second kappa shape index (κ2) is 8.57. The van der Waals surface area contributed by atoms with Gasteiger partial charge >= 0.3 is 6.18 Å². The van der Waals surface area contributed by atoms with E-state index in [2.05, 4.69) is 19.2 Å². The molecule has 0 unspecified atom stereocenters. The third-order valence-electron chi connectivity index (χ3n) is 2.68. The van der Waals surface area contributed by atoms with Gasteiger partial charge in [0.2, 0.25) is 0 Å². The van der Waals surface area contributed by atoms with Crippen molar-refractivity contribution in [3.8, 4) is 0 Å². The Bertz CT molecular complexity index is 374. The molecule has 0 aliphatic heterocycles. The lowest BCUT2D eigenvalue weighted by molar-refractivity contribution is -0.134. The summed E-state index contributed by atoms with van der Waals surface area (Å²) in [5.41, 5.74) is 1.20. The Morgan fingerprint density at radius 3 is 2.35 bits per heavy atom. The van der Waals surface area contributed by atoms with Crippen LogP contribution in [0.3, 0.4) is 0 Å². The fourth-order valence-corrected chi connectivity index (χ4v) is 2.52. The van der Waals surface area contributed by atoms with Crippen molar-refractivity contribution in [2.75, 3.05) is 12.3 Å². The van der Waals surface area contributed by atoms with Crippen LogP contribution >= 0.6 is 11.8 Å². The van der Waals surface area contributed by atoms with Crippen LogP contribution < -0.4 is 5.32 Å². The molecule has 114 valence electrons. The van der Waals surface area contributed by atoms with Crippen LogP contribution in [0.15, 0.2) is 29.2 Å². The van der Waals surface area contributed by atoms with Crippen LogP contribution in [-0.2, 0) is 6.54 Å². The molecule has 0 saturated heterocycles. The molecule has 0 aromatic heterocycles. The Morgan fingerprint density at radius 2 is 1.80 bits per heavy atom. The molecule has 5 heteroatoms. The summed E-state index contributed by atoms with van der Waals surface area (Å²) in [6.07, 6.45) is -4.56. The minimum absolute atomic E-state index is 0.172. The van der Waals surface area contributed by atoms with Crippen LogP contribution in [0.2, 0.25) is 0 Å². The molecule has 0 radical (unpaired) electrons. The van der Waals surface area contributed by atoms with Crippen molar-refractivity contribution >= 4 is 11.8 Å². The van der Waals surface area contributed by atoms with Gasteiger partial charge < -0.3 is 5.32 Å². The van der Waals surface area contributed by atoms with Gasteiger partial charge in [-0.1, -0.05) is 26.0 Å². The molecule has 1 nitrogen and oxygen atoms in total. The number of hydrogen-bond donors (Lipinski definition) is 1. The van der Waals surface area contributed by atoms with E-state index in [0.29, 0.717) is 11.7 Å². The first-order chi connectivity index (χ1) is 9.37. The van der Waals surface area contributed by atoms with Gasteiger partial charge in [0.15, 0.2) is 0 Å². The molecule has 0 spiro atoms. The van der Waals surface area contributed by atoms with Crippen LogP contribution in [0.1, 0.15) is 32.3 Å². The molecule has 0 aliphatic rings. The van der Waals surface area contributed by atoms with E-state index in [9.17, 15) is 13.2 Å². The third kappa shape index (κ3) is 8.48. The molecule has 1 aromatic rings. The van der Waals surface area contributed by atoms with Crippen molar-refractivity contribution in [1.82, 2.24) is 5.32 Å². The highest BCUT2D eigenvalue weighted by atomic mass is 32.2. The highest BCUT2D eigenvalue weighted by Crippen LogP contribution is 2.25. The molecule has 0 fully saturated rings. The van der Waals surface area contributed by atoms with Crippen LogP contribution in [-0.4, -0.2) is 18.5 Å². The van der Waals surface area contributed by atoms with Crippen molar-refractivity contribution < 1.29 is 13.2 Å². The van der Waals surface area contributed by atoms with Crippen molar-refractivity contribution in [1.29, 1.82) is 0 Å². The number of benzene rings is 1. The average Bonchev–Trinajstić information content (AvgIpc) is 2.35. The lowest BCUT2D eigenvalue weighted by Gasteiger charge is -2.08. The van der Waals surface area contributed by atoms with Gasteiger partial charge in [0.1, 0.15) is 0 Å². The normalized spacial score (nSPS) is 12.1. The van der Waals surface area contributed by atoms with Crippen molar-refractivity contribution in [2.45, 2.75) is 44.3 Å². The SMILES string of the molecule is CC(C)CNCc1ccc(SCCCC(F)(F)F)cc1. The molecule has 1 N–H and O–H groups in total. The summed E-state index contributed by atoms with van der Waals surface area (Å²) >= 11 is 1.48. The van der Waals surface area contributed by atoms with Gasteiger partial charge in [-0.2, -0.15) is 13.2 Å². The molecule has 0 aliphatic carbocycles. The van der Waals surface area contributed by atoms with E-state index < -0.39 is 12.6 Å². The first-order valence-electron chi connectivity index (χ1n) is 6.86. The summed E-state index contributed by atoms with van der Waals surface area (Å²) in [7, 11) is 0. The average molecular weight is 305 g/mol. The van der Waals surface area contributed by atoms with E-state index in [-0.39, 0.29) is 6.42 Å². The second-order valence-electron chi connectivity index (χ2n) is 5.24. The molecule has 1 aromatic carbocycles. The number of hydrogen-bond acceptors (Lipinski definition) is 2. The molecule has 0 saturated carbocycles. The van der Waals surface area contributed by atoms with Crippen molar-refractivity contribution in [3.63, 3.8) is 0 Å². The van der Waals surface area contributed by atoms with Crippen LogP contribution in [0.4, 0.5) is 13.2 Å². The fourth-order valence-electron chi connectivity index (χ4n) is 1.67. The summed E-state index contributed by atoms with van der Waals surface area (Å²) in [6, 6.07) is 8.01. The Balaban J connectivity index is 2.25. The van der Waals surface area contributed by atoms with E-state index in [1.54, 1.807) is 0 Å². The Hall–Kier alpha value is -0.680. The topological polar surface area (TPSA) is 12.0 Å². The number of halogens is 3. The molecule has 1 rings (SSSR count). The maximum absolute atomic E-state index is 12.0. The minimum atomic E-state index is -4.04. The molecular weight excluding hydrogens is 283 g/mol. The van der Waals surface area contributed by atoms with E-state index >= 15 is 0 Å². The van der Waals surface area contributed by atoms with E-state index in [1.165, 1.54) is 17.3 Å². The summed E-state index contributed by atoms with van der Waals surface area (Å²) in [5.74, 6) is 1.13. The summed E-state index contributed by atoms with van der Waals surface area (Å²) in [5, 5.41) is 3.36. The quantitative estimate of drug-likeness (QED) is 0.543. The van der Waals surface area contributed by atoms with Crippen LogP contribution in [0.25, 0.3) is 0 Å². The third-order valence-corrected chi connectivity index (χ3v) is 3.78. The Kier molecular flexibility index (Phi) is 7.45. The standard InChI is InChI=1S/C15H22F3NS/c1-12(2)10-19-11-13-4-6-14(7-5-13)20-9-3-8-15(16,17)18/h4-7,12,19H,3,8-11H2,1-2H3. The molecular formula is C15H22F3NS. The zero-order valence-corrected chi connectivity index (χ0v) is 12.8. The Morgan fingerprint density at radius 1 is 1.15 bits per heavy atom. The minimum Gasteiger partial charge on any atom is -0.312 e. The molecule has 0 heterocycles. The Labute approximate surface area is 123 Å². The number of rotatable bonds is 8. The van der Waals surface area contributed by atoms with Gasteiger partial charge in [-0.05, 0) is 42.3 Å². The number of thioether (sulfide) groups is 1. The molecule has 0 atom stereocenters. The monoisotopic (exact) mass is 305 g/mol. The number of alkyl halides is 3. The highest BCUT2D eigenvalue weighted by Gasteiger charge is 2.25.